The van der Waals surface area contributed by atoms with Crippen molar-refractivity contribution in [2.24, 2.45) is 21.3 Å². The Kier molecular flexibility index (Phi) is 10.8. The summed E-state index contributed by atoms with van der Waals surface area (Å²) in [6.07, 6.45) is 7.56. The van der Waals surface area contributed by atoms with Crippen molar-refractivity contribution in [2.75, 3.05) is 5.32 Å². The lowest BCUT2D eigenvalue weighted by Crippen LogP contribution is -2.17. The van der Waals surface area contributed by atoms with Crippen molar-refractivity contribution in [3.8, 4) is 0 Å². The average Bonchev–Trinajstić information content (AvgIpc) is 3.52. The first-order valence-corrected chi connectivity index (χ1v) is 15.3. The van der Waals surface area contributed by atoms with E-state index in [2.05, 4.69) is 77.2 Å². The average molecular weight is 585 g/mol. The molecule has 4 rings (SSSR count). The molecule has 0 saturated carbocycles. The number of amides is 1. The number of carbonyl (C=O) groups excluding carboxylic acids is 1. The van der Waals surface area contributed by atoms with E-state index < -0.39 is 0 Å². The Morgan fingerprint density at radius 1 is 1.12 bits per heavy atom. The van der Waals surface area contributed by atoms with Crippen molar-refractivity contribution < 1.29 is 14.4 Å². The number of carbonyl (C=O) groups is 1. The minimum absolute atomic E-state index is 0.0307. The van der Waals surface area contributed by atoms with Crippen molar-refractivity contribution in [2.45, 2.75) is 73.5 Å². The topological polar surface area (TPSA) is 84.6 Å². The van der Waals surface area contributed by atoms with Crippen LogP contribution in [0.1, 0.15) is 78.3 Å². The molecule has 1 aliphatic heterocycles. The smallest absolute Gasteiger partial charge is 0.258 e. The van der Waals surface area contributed by atoms with Gasteiger partial charge in [0.1, 0.15) is 12.7 Å². The summed E-state index contributed by atoms with van der Waals surface area (Å²) in [5.74, 6) is 0.323. The molecule has 0 saturated heterocycles. The number of thiophene rings is 1. The van der Waals surface area contributed by atoms with Gasteiger partial charge in [-0.15, -0.1) is 11.3 Å². The number of benzene rings is 2. The van der Waals surface area contributed by atoms with Crippen molar-refractivity contribution in [1.29, 1.82) is 0 Å². The van der Waals surface area contributed by atoms with Crippen molar-refractivity contribution >= 4 is 46.8 Å². The SMILES string of the molecule is C/C=N/N=C/[C@@H](CC/C=C(/c1ccc(C)cc1)c1csc(C)c1C)CC(=O)Nc1ccc2c(c1)CO/C2=N\OC(C)C. The molecule has 0 aliphatic carbocycles. The van der Waals surface area contributed by atoms with Gasteiger partial charge in [-0.25, -0.2) is 0 Å². The lowest BCUT2D eigenvalue weighted by atomic mass is 9.93. The third-order valence-corrected chi connectivity index (χ3v) is 8.08. The maximum atomic E-state index is 13.1. The third kappa shape index (κ3) is 8.26. The maximum absolute atomic E-state index is 13.1. The molecule has 1 N–H and O–H groups in total. The molecule has 220 valence electrons. The minimum Gasteiger partial charge on any atom is -0.470 e. The van der Waals surface area contributed by atoms with Gasteiger partial charge < -0.3 is 14.9 Å². The van der Waals surface area contributed by atoms with Gasteiger partial charge in [0.25, 0.3) is 5.90 Å². The maximum Gasteiger partial charge on any atom is 0.258 e. The molecule has 0 unspecified atom stereocenters. The fourth-order valence-electron chi connectivity index (χ4n) is 4.67. The predicted octanol–water partition coefficient (Wildman–Crippen LogP) is 8.22. The minimum atomic E-state index is -0.0742. The number of hydrogen-bond donors (Lipinski definition) is 1. The number of aryl methyl sites for hydroxylation is 2. The van der Waals surface area contributed by atoms with Crippen LogP contribution in [0.4, 0.5) is 5.69 Å². The van der Waals surface area contributed by atoms with Crippen LogP contribution in [0.25, 0.3) is 5.57 Å². The molecule has 0 fully saturated rings. The zero-order valence-corrected chi connectivity index (χ0v) is 26.1. The Balaban J connectivity index is 1.46. The van der Waals surface area contributed by atoms with E-state index in [0.29, 0.717) is 18.9 Å². The van der Waals surface area contributed by atoms with E-state index >= 15 is 0 Å². The molecule has 1 amide bonds. The molecular weight excluding hydrogens is 544 g/mol. The Hall–Kier alpha value is -4.04. The Bertz CT molecular complexity index is 1500. The predicted molar refractivity (Wildman–Crippen MR) is 175 cm³/mol. The van der Waals surface area contributed by atoms with Crippen LogP contribution < -0.4 is 5.32 Å². The van der Waals surface area contributed by atoms with E-state index in [1.807, 2.05) is 39.0 Å². The molecule has 0 bridgehead atoms. The van der Waals surface area contributed by atoms with Gasteiger partial charge in [-0.3, -0.25) is 4.79 Å². The Morgan fingerprint density at radius 3 is 2.60 bits per heavy atom. The number of allylic oxidation sites excluding steroid dienone is 1. The van der Waals surface area contributed by atoms with Crippen LogP contribution >= 0.6 is 11.3 Å². The highest BCUT2D eigenvalue weighted by atomic mass is 32.1. The lowest BCUT2D eigenvalue weighted by molar-refractivity contribution is -0.116. The second-order valence-electron chi connectivity index (χ2n) is 10.8. The molecule has 0 radical (unpaired) electrons. The quantitative estimate of drug-likeness (QED) is 0.172. The fourth-order valence-corrected chi connectivity index (χ4v) is 5.55. The zero-order valence-electron chi connectivity index (χ0n) is 25.3. The summed E-state index contributed by atoms with van der Waals surface area (Å²) in [6.45, 7) is 12.5. The molecule has 2 aromatic carbocycles. The van der Waals surface area contributed by atoms with Crippen molar-refractivity contribution in [3.63, 3.8) is 0 Å². The van der Waals surface area contributed by atoms with E-state index in [-0.39, 0.29) is 17.9 Å². The van der Waals surface area contributed by atoms with Crippen LogP contribution in [-0.2, 0) is 21.0 Å². The van der Waals surface area contributed by atoms with Crippen LogP contribution in [0.3, 0.4) is 0 Å². The second kappa shape index (κ2) is 14.7. The number of fused-ring (bicyclic) bond motifs is 1. The summed E-state index contributed by atoms with van der Waals surface area (Å²) in [5.41, 5.74) is 8.80. The molecular formula is C34H40N4O3S. The molecule has 1 aliphatic rings. The van der Waals surface area contributed by atoms with Crippen LogP contribution in [0.2, 0.25) is 0 Å². The summed E-state index contributed by atoms with van der Waals surface area (Å²) in [4.78, 5) is 19.8. The fraction of sp³-hybridized carbons (Fsp3) is 0.353. The first-order chi connectivity index (χ1) is 20.2. The normalized spacial score (nSPS) is 15.0. The van der Waals surface area contributed by atoms with Crippen LogP contribution in [0.5, 0.6) is 0 Å². The summed E-state index contributed by atoms with van der Waals surface area (Å²) in [7, 11) is 0. The molecule has 7 nitrogen and oxygen atoms in total. The number of anilines is 1. The van der Waals surface area contributed by atoms with E-state index in [0.717, 1.165) is 29.7 Å². The number of oxime groups is 1. The molecule has 42 heavy (non-hydrogen) atoms. The third-order valence-electron chi connectivity index (χ3n) is 7.06. The van der Waals surface area contributed by atoms with Gasteiger partial charge in [-0.05, 0) is 105 Å². The van der Waals surface area contributed by atoms with Crippen LogP contribution in [0.15, 0.2) is 69.3 Å². The highest BCUT2D eigenvalue weighted by Gasteiger charge is 2.21. The summed E-state index contributed by atoms with van der Waals surface area (Å²) < 4.78 is 5.67. The Labute approximate surface area is 253 Å². The van der Waals surface area contributed by atoms with Crippen LogP contribution in [-0.4, -0.2) is 30.3 Å². The molecule has 8 heteroatoms. The van der Waals surface area contributed by atoms with Crippen molar-refractivity contribution in [3.05, 3.63) is 92.2 Å². The van der Waals surface area contributed by atoms with Crippen molar-refractivity contribution in [1.82, 2.24) is 0 Å². The monoisotopic (exact) mass is 584 g/mol. The lowest BCUT2D eigenvalue weighted by Gasteiger charge is -2.13. The first-order valence-electron chi connectivity index (χ1n) is 14.4. The van der Waals surface area contributed by atoms with Gasteiger partial charge >= 0.3 is 0 Å². The van der Waals surface area contributed by atoms with Gasteiger partial charge in [0.05, 0.1) is 0 Å². The molecule has 3 aromatic rings. The highest BCUT2D eigenvalue weighted by Crippen LogP contribution is 2.33. The highest BCUT2D eigenvalue weighted by molar-refractivity contribution is 7.10. The standard InChI is InChI=1S/C34H40N4O3S/c1-7-35-36-19-26(9-8-10-30(27-13-11-23(4)12-14-27)32-21-42-25(6)24(32)5)17-33(39)37-29-15-16-31-28(18-29)20-40-34(31)38-41-22(2)3/h7,10-16,18-19,21-22,26H,8-9,17,20H2,1-6H3,(H,37,39)/b30-10-,35-7+,36-19+,38-34-/t26-/m0/s1. The largest absolute Gasteiger partial charge is 0.470 e. The molecule has 1 aromatic heterocycles. The van der Waals surface area contributed by atoms with Gasteiger partial charge in [0.2, 0.25) is 5.91 Å². The summed E-state index contributed by atoms with van der Waals surface area (Å²) in [5, 5.41) is 17.6. The van der Waals surface area contributed by atoms with Gasteiger partial charge in [-0.2, -0.15) is 10.2 Å². The van der Waals surface area contributed by atoms with Crippen LogP contribution in [0, 0.1) is 26.7 Å². The number of hydrogen-bond acceptors (Lipinski definition) is 7. The van der Waals surface area contributed by atoms with Gasteiger partial charge in [0.15, 0.2) is 0 Å². The second-order valence-corrected chi connectivity index (χ2v) is 11.8. The number of nitrogens with zero attached hydrogens (tertiary/aromatic N) is 3. The number of rotatable bonds is 12. The number of ether oxygens (including phenoxy) is 1. The molecule has 1 atom stereocenters. The van der Waals surface area contributed by atoms with Gasteiger partial charge in [-0.1, -0.05) is 35.9 Å². The first kappa shape index (κ1) is 30.9. The van der Waals surface area contributed by atoms with E-state index in [9.17, 15) is 4.79 Å². The summed E-state index contributed by atoms with van der Waals surface area (Å²) in [6, 6.07) is 14.4. The molecule has 2 heterocycles. The van der Waals surface area contributed by atoms with E-state index in [4.69, 9.17) is 9.57 Å². The van der Waals surface area contributed by atoms with Gasteiger partial charge in [0, 0.05) is 46.5 Å². The van der Waals surface area contributed by atoms with E-state index in [1.165, 1.54) is 32.7 Å². The van der Waals surface area contributed by atoms with E-state index in [1.54, 1.807) is 23.8 Å². The zero-order chi connectivity index (χ0) is 30.1. The molecule has 0 spiro atoms. The number of nitrogens with one attached hydrogen (secondary N) is 1. The Morgan fingerprint density at radius 2 is 1.90 bits per heavy atom. The summed E-state index contributed by atoms with van der Waals surface area (Å²) >= 11 is 1.78.